The summed E-state index contributed by atoms with van der Waals surface area (Å²) in [6.45, 7) is 4.73. The van der Waals surface area contributed by atoms with Crippen molar-refractivity contribution in [1.29, 1.82) is 0 Å². The Balaban J connectivity index is 3.57. The van der Waals surface area contributed by atoms with Gasteiger partial charge in [-0.2, -0.15) is 0 Å². The minimum atomic E-state index is -0.547. The summed E-state index contributed by atoms with van der Waals surface area (Å²) in [5.41, 5.74) is 5.82. The van der Waals surface area contributed by atoms with Gasteiger partial charge in [0.05, 0.1) is 5.92 Å². The van der Waals surface area contributed by atoms with E-state index in [0.717, 1.165) is 25.7 Å². The van der Waals surface area contributed by atoms with Crippen LogP contribution in [0.15, 0.2) is 0 Å². The van der Waals surface area contributed by atoms with Gasteiger partial charge in [-0.15, -0.1) is 0 Å². The molecule has 0 aromatic carbocycles. The molecule has 0 bridgehead atoms. The number of hydrogen-bond donors (Lipinski definition) is 1. The normalized spacial score (nSPS) is 11.5. The summed E-state index contributed by atoms with van der Waals surface area (Å²) in [7, 11) is 0. The van der Waals surface area contributed by atoms with E-state index in [0.29, 0.717) is 12.8 Å². The first kappa shape index (κ1) is 36.3. The first-order valence-corrected chi connectivity index (χ1v) is 16.9. The fourth-order valence-corrected chi connectivity index (χ4v) is 5.42. The molecule has 3 nitrogen and oxygen atoms in total. The second-order valence-corrected chi connectivity index (χ2v) is 11.7. The van der Waals surface area contributed by atoms with Crippen LogP contribution in [0.3, 0.4) is 0 Å². The number of nitrogens with two attached hydrogens (primary N) is 1. The Bertz CT molecular complexity index is 448. The maximum Gasteiger partial charge on any atom is 0.144 e. The van der Waals surface area contributed by atoms with Crippen molar-refractivity contribution in [3.8, 4) is 0 Å². The van der Waals surface area contributed by atoms with E-state index >= 15 is 0 Å². The molecule has 0 aliphatic heterocycles. The van der Waals surface area contributed by atoms with Crippen LogP contribution in [0.2, 0.25) is 0 Å². The molecule has 0 spiro atoms. The lowest BCUT2D eigenvalue weighted by Crippen LogP contribution is -2.31. The highest BCUT2D eigenvalue weighted by Gasteiger charge is 2.23. The number of ketones is 2. The smallest absolute Gasteiger partial charge is 0.144 e. The van der Waals surface area contributed by atoms with Crippen LogP contribution in [0.1, 0.15) is 194 Å². The van der Waals surface area contributed by atoms with Crippen molar-refractivity contribution in [3.05, 3.63) is 0 Å². The van der Waals surface area contributed by atoms with Crippen molar-refractivity contribution in [3.63, 3.8) is 0 Å². The number of carbonyl (C=O) groups excluding carboxylic acids is 2. The predicted octanol–water partition coefficient (Wildman–Crippen LogP) is 10.7. The van der Waals surface area contributed by atoms with Crippen LogP contribution in [0.25, 0.3) is 0 Å². The molecule has 220 valence electrons. The number of Topliss-reactive ketones (excluding diaryl/α,β-unsaturated/α-hetero) is 2. The summed E-state index contributed by atoms with van der Waals surface area (Å²) in [5, 5.41) is 0. The zero-order valence-electron chi connectivity index (χ0n) is 25.5. The average Bonchev–Trinajstić information content (AvgIpc) is 2.90. The lowest BCUT2D eigenvalue weighted by Gasteiger charge is -2.12. The fourth-order valence-electron chi connectivity index (χ4n) is 5.42. The standard InChI is InChI=1S/C34H67NO2/c1-3-5-7-9-11-13-15-17-19-21-23-25-27-29-33(36)32(31-35)34(37)30-28-26-24-22-20-18-16-14-12-10-8-6-4-2/h32H,3-31,35H2,1-2H3. The van der Waals surface area contributed by atoms with Crippen LogP contribution in [-0.2, 0) is 9.59 Å². The van der Waals surface area contributed by atoms with E-state index in [2.05, 4.69) is 13.8 Å². The van der Waals surface area contributed by atoms with E-state index in [1.54, 1.807) is 0 Å². The van der Waals surface area contributed by atoms with Crippen LogP contribution in [-0.4, -0.2) is 18.1 Å². The van der Waals surface area contributed by atoms with Gasteiger partial charge in [-0.1, -0.05) is 168 Å². The average molecular weight is 522 g/mol. The third-order valence-corrected chi connectivity index (χ3v) is 8.07. The number of rotatable bonds is 31. The molecule has 2 N–H and O–H groups in total. The highest BCUT2D eigenvalue weighted by Crippen LogP contribution is 2.16. The van der Waals surface area contributed by atoms with E-state index in [1.807, 2.05) is 0 Å². The van der Waals surface area contributed by atoms with Gasteiger partial charge in [-0.3, -0.25) is 9.59 Å². The van der Waals surface area contributed by atoms with Gasteiger partial charge in [-0.05, 0) is 12.8 Å². The Hall–Kier alpha value is -0.700. The molecular formula is C34H67NO2. The first-order valence-electron chi connectivity index (χ1n) is 16.9. The second-order valence-electron chi connectivity index (χ2n) is 11.7. The maximum atomic E-state index is 12.6. The molecule has 0 aliphatic rings. The minimum absolute atomic E-state index is 0.0882. The quantitative estimate of drug-likeness (QED) is 0.0728. The van der Waals surface area contributed by atoms with Crippen molar-refractivity contribution in [1.82, 2.24) is 0 Å². The molecule has 0 rings (SSSR count). The van der Waals surface area contributed by atoms with Gasteiger partial charge in [-0.25, -0.2) is 0 Å². The molecule has 0 saturated heterocycles. The topological polar surface area (TPSA) is 60.2 Å². The van der Waals surface area contributed by atoms with Gasteiger partial charge in [0.1, 0.15) is 11.6 Å². The highest BCUT2D eigenvalue weighted by atomic mass is 16.1. The third-order valence-electron chi connectivity index (χ3n) is 8.07. The van der Waals surface area contributed by atoms with Crippen molar-refractivity contribution in [2.45, 2.75) is 194 Å². The molecule has 0 heterocycles. The largest absolute Gasteiger partial charge is 0.329 e. The summed E-state index contributed by atoms with van der Waals surface area (Å²) < 4.78 is 0. The van der Waals surface area contributed by atoms with Crippen LogP contribution in [0.4, 0.5) is 0 Å². The van der Waals surface area contributed by atoms with Crippen molar-refractivity contribution < 1.29 is 9.59 Å². The zero-order chi connectivity index (χ0) is 27.2. The van der Waals surface area contributed by atoms with E-state index < -0.39 is 5.92 Å². The molecule has 0 unspecified atom stereocenters. The Morgan fingerprint density at radius 3 is 0.838 bits per heavy atom. The van der Waals surface area contributed by atoms with E-state index in [-0.39, 0.29) is 18.1 Å². The lowest BCUT2D eigenvalue weighted by atomic mass is 9.91. The van der Waals surface area contributed by atoms with Crippen LogP contribution in [0, 0.1) is 5.92 Å². The molecule has 3 heteroatoms. The molecular weight excluding hydrogens is 454 g/mol. The Kier molecular flexibility index (Phi) is 29.3. The molecule has 0 saturated carbocycles. The monoisotopic (exact) mass is 522 g/mol. The third kappa shape index (κ3) is 25.3. The van der Waals surface area contributed by atoms with Crippen LogP contribution in [0.5, 0.6) is 0 Å². The number of carbonyl (C=O) groups is 2. The van der Waals surface area contributed by atoms with Gasteiger partial charge in [0.15, 0.2) is 0 Å². The molecule has 0 radical (unpaired) electrons. The number of hydrogen-bond acceptors (Lipinski definition) is 3. The van der Waals surface area contributed by atoms with Gasteiger partial charge in [0, 0.05) is 19.4 Å². The summed E-state index contributed by atoms with van der Waals surface area (Å²) in [6, 6.07) is 0. The summed E-state index contributed by atoms with van der Waals surface area (Å²) >= 11 is 0. The number of unbranched alkanes of at least 4 members (excludes halogenated alkanes) is 24. The molecule has 0 aliphatic carbocycles. The van der Waals surface area contributed by atoms with Crippen molar-refractivity contribution in [2.75, 3.05) is 6.54 Å². The molecule has 0 atom stereocenters. The van der Waals surface area contributed by atoms with Gasteiger partial charge >= 0.3 is 0 Å². The van der Waals surface area contributed by atoms with Crippen molar-refractivity contribution >= 4 is 11.6 Å². The Morgan fingerprint density at radius 1 is 0.405 bits per heavy atom. The minimum Gasteiger partial charge on any atom is -0.329 e. The van der Waals surface area contributed by atoms with Gasteiger partial charge in [0.2, 0.25) is 0 Å². The zero-order valence-corrected chi connectivity index (χ0v) is 25.5. The van der Waals surface area contributed by atoms with Crippen LogP contribution < -0.4 is 5.73 Å². The van der Waals surface area contributed by atoms with E-state index in [4.69, 9.17) is 5.73 Å². The molecule has 0 aromatic rings. The lowest BCUT2D eigenvalue weighted by molar-refractivity contribution is -0.132. The second kappa shape index (κ2) is 29.9. The first-order chi connectivity index (χ1) is 18.2. The van der Waals surface area contributed by atoms with E-state index in [1.165, 1.54) is 141 Å². The SMILES string of the molecule is CCCCCCCCCCCCCCCC(=O)C(CN)C(=O)CCCCCCCCCCCCCCC. The summed E-state index contributed by atoms with van der Waals surface area (Å²) in [4.78, 5) is 25.1. The van der Waals surface area contributed by atoms with E-state index in [9.17, 15) is 9.59 Å². The Morgan fingerprint density at radius 2 is 0.622 bits per heavy atom. The maximum absolute atomic E-state index is 12.6. The Labute approximate surface area is 232 Å². The van der Waals surface area contributed by atoms with Gasteiger partial charge in [0.25, 0.3) is 0 Å². The molecule has 0 fully saturated rings. The summed E-state index contributed by atoms with van der Waals surface area (Å²) in [6.07, 6.45) is 34.9. The molecule has 0 aromatic heterocycles. The van der Waals surface area contributed by atoms with Gasteiger partial charge < -0.3 is 5.73 Å². The molecule has 37 heavy (non-hydrogen) atoms. The predicted molar refractivity (Wildman–Crippen MR) is 163 cm³/mol. The van der Waals surface area contributed by atoms with Crippen LogP contribution >= 0.6 is 0 Å². The fraction of sp³-hybridized carbons (Fsp3) is 0.941. The van der Waals surface area contributed by atoms with Crippen molar-refractivity contribution in [2.24, 2.45) is 11.7 Å². The summed E-state index contributed by atoms with van der Waals surface area (Å²) in [5.74, 6) is -0.370. The molecule has 0 amide bonds. The highest BCUT2D eigenvalue weighted by molar-refractivity contribution is 6.02.